The van der Waals surface area contributed by atoms with E-state index in [0.717, 1.165) is 11.1 Å². The summed E-state index contributed by atoms with van der Waals surface area (Å²) in [5.41, 5.74) is 1.71. The lowest BCUT2D eigenvalue weighted by Gasteiger charge is -2.01. The lowest BCUT2D eigenvalue weighted by atomic mass is 10.0. The number of carbonyl (C=O) groups is 1. The first-order valence-electron chi connectivity index (χ1n) is 5.58. The predicted molar refractivity (Wildman–Crippen MR) is 65.5 cm³/mol. The van der Waals surface area contributed by atoms with Gasteiger partial charge >= 0.3 is 0 Å². The number of halogens is 1. The molecule has 0 spiro atoms. The molecule has 0 saturated heterocycles. The first kappa shape index (κ1) is 11.5. The maximum atomic E-state index is 12.7. The molecule has 0 aliphatic rings. The minimum absolute atomic E-state index is 0.120. The molecule has 0 saturated carbocycles. The van der Waals surface area contributed by atoms with E-state index in [-0.39, 0.29) is 11.6 Å². The monoisotopic (exact) mass is 228 g/mol. The second-order valence-corrected chi connectivity index (χ2v) is 3.92. The van der Waals surface area contributed by atoms with Crippen molar-refractivity contribution < 1.29 is 9.18 Å². The van der Waals surface area contributed by atoms with Gasteiger partial charge in [-0.1, -0.05) is 42.5 Å². The Morgan fingerprint density at radius 1 is 0.941 bits per heavy atom. The van der Waals surface area contributed by atoms with Crippen molar-refractivity contribution in [3.63, 3.8) is 0 Å². The zero-order chi connectivity index (χ0) is 12.1. The number of hydrogen-bond acceptors (Lipinski definition) is 1. The van der Waals surface area contributed by atoms with Gasteiger partial charge in [-0.15, -0.1) is 0 Å². The highest BCUT2D eigenvalue weighted by molar-refractivity contribution is 5.96. The third-order valence-electron chi connectivity index (χ3n) is 2.65. The van der Waals surface area contributed by atoms with Crippen LogP contribution < -0.4 is 0 Å². The molecule has 0 unspecified atom stereocenters. The number of aryl methyl sites for hydroxylation is 1. The van der Waals surface area contributed by atoms with Crippen LogP contribution in [0, 0.1) is 5.82 Å². The Kier molecular flexibility index (Phi) is 3.66. The van der Waals surface area contributed by atoms with Gasteiger partial charge in [0.1, 0.15) is 5.82 Å². The Balaban J connectivity index is 1.95. The summed E-state index contributed by atoms with van der Waals surface area (Å²) >= 11 is 0. The van der Waals surface area contributed by atoms with Crippen molar-refractivity contribution in [2.75, 3.05) is 0 Å². The number of Topliss-reactive ketones (excluding diaryl/α,β-unsaturated/α-hetero) is 1. The van der Waals surface area contributed by atoms with Gasteiger partial charge in [0, 0.05) is 12.0 Å². The number of carbonyl (C=O) groups excluding carboxylic acids is 1. The highest BCUT2D eigenvalue weighted by Gasteiger charge is 2.05. The van der Waals surface area contributed by atoms with Crippen molar-refractivity contribution in [3.05, 3.63) is 71.5 Å². The molecule has 0 atom stereocenters. The van der Waals surface area contributed by atoms with Crippen LogP contribution in [0.1, 0.15) is 22.3 Å². The Labute approximate surface area is 99.9 Å². The summed E-state index contributed by atoms with van der Waals surface area (Å²) in [7, 11) is 0. The van der Waals surface area contributed by atoms with Gasteiger partial charge in [-0.2, -0.15) is 0 Å². The van der Waals surface area contributed by atoms with E-state index in [1.807, 2.05) is 30.3 Å². The first-order chi connectivity index (χ1) is 8.25. The van der Waals surface area contributed by atoms with Crippen LogP contribution in [0.4, 0.5) is 4.39 Å². The van der Waals surface area contributed by atoms with Crippen LogP contribution in [-0.4, -0.2) is 5.78 Å². The molecule has 0 N–H and O–H groups in total. The molecule has 2 rings (SSSR count). The zero-order valence-electron chi connectivity index (χ0n) is 9.40. The Morgan fingerprint density at radius 3 is 2.24 bits per heavy atom. The molecule has 2 heteroatoms. The third-order valence-corrected chi connectivity index (χ3v) is 2.65. The summed E-state index contributed by atoms with van der Waals surface area (Å²) in [6, 6.07) is 15.5. The van der Waals surface area contributed by atoms with Gasteiger partial charge in [-0.3, -0.25) is 4.79 Å². The van der Waals surface area contributed by atoms with Crippen LogP contribution in [0.2, 0.25) is 0 Å². The van der Waals surface area contributed by atoms with Gasteiger partial charge in [0.05, 0.1) is 0 Å². The molecule has 0 amide bonds. The maximum Gasteiger partial charge on any atom is 0.163 e. The van der Waals surface area contributed by atoms with Gasteiger partial charge in [-0.25, -0.2) is 4.39 Å². The van der Waals surface area contributed by atoms with E-state index in [1.165, 1.54) is 12.1 Å². The van der Waals surface area contributed by atoms with Gasteiger partial charge in [0.2, 0.25) is 0 Å². The second-order valence-electron chi connectivity index (χ2n) is 3.92. The minimum atomic E-state index is -0.247. The lowest BCUT2D eigenvalue weighted by Crippen LogP contribution is -2.00. The fraction of sp³-hybridized carbons (Fsp3) is 0.133. The Hall–Kier alpha value is -1.96. The molecule has 0 aromatic heterocycles. The summed E-state index contributed by atoms with van der Waals surface area (Å²) in [6.07, 6.45) is 1.10. The molecular formula is C15H13FO. The highest BCUT2D eigenvalue weighted by Crippen LogP contribution is 2.09. The average molecular weight is 228 g/mol. The molecule has 2 aromatic rings. The summed E-state index contributed by atoms with van der Waals surface area (Å²) in [6.45, 7) is 0. The normalized spacial score (nSPS) is 10.2. The lowest BCUT2D eigenvalue weighted by molar-refractivity contribution is 0.0983. The number of ketones is 1. The third kappa shape index (κ3) is 3.25. The largest absolute Gasteiger partial charge is 0.294 e. The number of hydrogen-bond donors (Lipinski definition) is 0. The SMILES string of the molecule is O=C(CCc1ccc(F)cc1)c1ccccc1. The maximum absolute atomic E-state index is 12.7. The second kappa shape index (κ2) is 5.39. The highest BCUT2D eigenvalue weighted by atomic mass is 19.1. The summed E-state index contributed by atoms with van der Waals surface area (Å²) < 4.78 is 12.7. The van der Waals surface area contributed by atoms with E-state index in [0.29, 0.717) is 12.8 Å². The number of benzene rings is 2. The van der Waals surface area contributed by atoms with Crippen molar-refractivity contribution in [2.24, 2.45) is 0 Å². The predicted octanol–water partition coefficient (Wildman–Crippen LogP) is 3.64. The molecule has 0 aliphatic heterocycles. The fourth-order valence-electron chi connectivity index (χ4n) is 1.68. The molecule has 2 aromatic carbocycles. The zero-order valence-corrected chi connectivity index (χ0v) is 9.40. The smallest absolute Gasteiger partial charge is 0.163 e. The molecule has 1 nitrogen and oxygen atoms in total. The topological polar surface area (TPSA) is 17.1 Å². The summed E-state index contributed by atoms with van der Waals surface area (Å²) in [5, 5.41) is 0. The van der Waals surface area contributed by atoms with E-state index in [2.05, 4.69) is 0 Å². The van der Waals surface area contributed by atoms with E-state index in [9.17, 15) is 9.18 Å². The van der Waals surface area contributed by atoms with Crippen LogP contribution in [0.25, 0.3) is 0 Å². The van der Waals surface area contributed by atoms with E-state index < -0.39 is 0 Å². The molecule has 0 heterocycles. The summed E-state index contributed by atoms with van der Waals surface area (Å²) in [5.74, 6) is -0.127. The molecule has 0 fully saturated rings. The fourth-order valence-corrected chi connectivity index (χ4v) is 1.68. The van der Waals surface area contributed by atoms with E-state index in [4.69, 9.17) is 0 Å². The van der Waals surface area contributed by atoms with E-state index in [1.54, 1.807) is 12.1 Å². The molecule has 0 radical (unpaired) electrons. The van der Waals surface area contributed by atoms with Gasteiger partial charge < -0.3 is 0 Å². The number of rotatable bonds is 4. The molecular weight excluding hydrogens is 215 g/mol. The Bertz CT molecular complexity index is 488. The van der Waals surface area contributed by atoms with Crippen molar-refractivity contribution in [2.45, 2.75) is 12.8 Å². The first-order valence-corrected chi connectivity index (χ1v) is 5.58. The van der Waals surface area contributed by atoms with Crippen molar-refractivity contribution in [1.82, 2.24) is 0 Å². The molecule has 0 bridgehead atoms. The average Bonchev–Trinajstić information content (AvgIpc) is 2.39. The van der Waals surface area contributed by atoms with Crippen molar-refractivity contribution in [3.8, 4) is 0 Å². The minimum Gasteiger partial charge on any atom is -0.294 e. The van der Waals surface area contributed by atoms with Crippen LogP contribution in [0.15, 0.2) is 54.6 Å². The van der Waals surface area contributed by atoms with Gasteiger partial charge in [-0.05, 0) is 24.1 Å². The van der Waals surface area contributed by atoms with Crippen LogP contribution in [-0.2, 0) is 6.42 Å². The van der Waals surface area contributed by atoms with Crippen LogP contribution in [0.5, 0.6) is 0 Å². The summed E-state index contributed by atoms with van der Waals surface area (Å²) in [4.78, 5) is 11.8. The van der Waals surface area contributed by atoms with Crippen molar-refractivity contribution >= 4 is 5.78 Å². The molecule has 86 valence electrons. The van der Waals surface area contributed by atoms with Gasteiger partial charge in [0.25, 0.3) is 0 Å². The standard InChI is InChI=1S/C15H13FO/c16-14-9-6-12(7-10-14)8-11-15(17)13-4-2-1-3-5-13/h1-7,9-10H,8,11H2. The van der Waals surface area contributed by atoms with Crippen LogP contribution in [0.3, 0.4) is 0 Å². The molecule has 0 aliphatic carbocycles. The van der Waals surface area contributed by atoms with Crippen LogP contribution >= 0.6 is 0 Å². The quantitative estimate of drug-likeness (QED) is 0.730. The van der Waals surface area contributed by atoms with E-state index >= 15 is 0 Å². The van der Waals surface area contributed by atoms with Gasteiger partial charge in [0.15, 0.2) is 5.78 Å². The van der Waals surface area contributed by atoms with Crippen molar-refractivity contribution in [1.29, 1.82) is 0 Å². The molecule has 17 heavy (non-hydrogen) atoms. The Morgan fingerprint density at radius 2 is 1.59 bits per heavy atom.